The van der Waals surface area contributed by atoms with Crippen molar-refractivity contribution in [3.05, 3.63) is 70.8 Å². The number of carbonyl (C=O) groups excluding carboxylic acids is 1. The molecule has 0 saturated carbocycles. The first-order valence-electron chi connectivity index (χ1n) is 7.05. The molecule has 0 unspecified atom stereocenters. The molecule has 3 rings (SSSR count). The largest absolute Gasteiger partial charge is 0.326 e. The second kappa shape index (κ2) is 6.22. The van der Waals surface area contributed by atoms with Crippen LogP contribution in [0.2, 0.25) is 0 Å². The smallest absolute Gasteiger partial charge is 0.258 e. The Morgan fingerprint density at radius 2 is 1.77 bits per heavy atom. The molecule has 0 bridgehead atoms. The van der Waals surface area contributed by atoms with Gasteiger partial charge in [-0.15, -0.1) is 0 Å². The quantitative estimate of drug-likeness (QED) is 0.776. The Morgan fingerprint density at radius 1 is 1.05 bits per heavy atom. The summed E-state index contributed by atoms with van der Waals surface area (Å²) in [6.45, 7) is 0. The number of hydrogen-bond acceptors (Lipinski definition) is 3. The number of hydrogen-bond donors (Lipinski definition) is 2. The molecule has 110 valence electrons. The second-order valence-electron chi connectivity index (χ2n) is 4.94. The first kappa shape index (κ1) is 14.0. The lowest BCUT2D eigenvalue weighted by Crippen LogP contribution is -2.16. The fourth-order valence-corrected chi connectivity index (χ4v) is 2.23. The lowest BCUT2D eigenvalue weighted by molar-refractivity contribution is -0.116. The predicted octanol–water partition coefficient (Wildman–Crippen LogP) is 2.49. The molecule has 5 heteroatoms. The summed E-state index contributed by atoms with van der Waals surface area (Å²) in [5.41, 5.74) is 1.22. The number of nitrogens with one attached hydrogen (secondary N) is 2. The maximum atomic E-state index is 11.9. The number of para-hydroxylation sites is 2. The summed E-state index contributed by atoms with van der Waals surface area (Å²) in [5, 5.41) is 3.36. The van der Waals surface area contributed by atoms with Crippen LogP contribution >= 0.6 is 0 Å². The molecule has 1 amide bonds. The summed E-state index contributed by atoms with van der Waals surface area (Å²) in [6.07, 6.45) is 0.648. The van der Waals surface area contributed by atoms with E-state index in [1.165, 1.54) is 0 Å². The van der Waals surface area contributed by atoms with E-state index in [-0.39, 0.29) is 17.9 Å². The zero-order valence-corrected chi connectivity index (χ0v) is 11.9. The lowest BCUT2D eigenvalue weighted by Gasteiger charge is -2.05. The van der Waals surface area contributed by atoms with Gasteiger partial charge in [-0.2, -0.15) is 0 Å². The number of anilines is 1. The molecule has 1 heterocycles. The molecule has 1 aromatic heterocycles. The van der Waals surface area contributed by atoms with Crippen molar-refractivity contribution in [2.45, 2.75) is 12.8 Å². The van der Waals surface area contributed by atoms with Crippen LogP contribution in [0.25, 0.3) is 10.9 Å². The van der Waals surface area contributed by atoms with Gasteiger partial charge in [-0.25, -0.2) is 4.98 Å². The van der Waals surface area contributed by atoms with E-state index < -0.39 is 0 Å². The van der Waals surface area contributed by atoms with Crippen molar-refractivity contribution < 1.29 is 4.79 Å². The summed E-state index contributed by atoms with van der Waals surface area (Å²) >= 11 is 0. The van der Waals surface area contributed by atoms with Gasteiger partial charge in [0.1, 0.15) is 5.82 Å². The van der Waals surface area contributed by atoms with E-state index in [0.29, 0.717) is 23.1 Å². The third-order valence-corrected chi connectivity index (χ3v) is 3.31. The van der Waals surface area contributed by atoms with Crippen molar-refractivity contribution in [3.8, 4) is 0 Å². The van der Waals surface area contributed by atoms with Crippen molar-refractivity contribution in [2.75, 3.05) is 5.32 Å². The average Bonchev–Trinajstić information content (AvgIpc) is 2.54. The number of H-pyrrole nitrogens is 1. The molecule has 3 aromatic rings. The van der Waals surface area contributed by atoms with E-state index in [2.05, 4.69) is 15.3 Å². The SMILES string of the molecule is O=C(CCc1nc2ccccc2c(=O)[nH]1)Nc1ccccc1. The van der Waals surface area contributed by atoms with Gasteiger partial charge in [-0.3, -0.25) is 9.59 Å². The summed E-state index contributed by atoms with van der Waals surface area (Å²) in [4.78, 5) is 30.9. The van der Waals surface area contributed by atoms with Crippen molar-refractivity contribution in [1.82, 2.24) is 9.97 Å². The molecule has 0 radical (unpaired) electrons. The minimum absolute atomic E-state index is 0.109. The second-order valence-corrected chi connectivity index (χ2v) is 4.94. The molecule has 0 spiro atoms. The summed E-state index contributed by atoms with van der Waals surface area (Å²) in [7, 11) is 0. The number of aromatic amines is 1. The third-order valence-electron chi connectivity index (χ3n) is 3.31. The predicted molar refractivity (Wildman–Crippen MR) is 85.8 cm³/mol. The zero-order valence-electron chi connectivity index (χ0n) is 11.9. The van der Waals surface area contributed by atoms with E-state index >= 15 is 0 Å². The molecule has 0 aliphatic carbocycles. The van der Waals surface area contributed by atoms with Crippen molar-refractivity contribution in [2.24, 2.45) is 0 Å². The average molecular weight is 293 g/mol. The Morgan fingerprint density at radius 3 is 2.59 bits per heavy atom. The molecular weight excluding hydrogens is 278 g/mol. The van der Waals surface area contributed by atoms with E-state index in [9.17, 15) is 9.59 Å². The topological polar surface area (TPSA) is 74.8 Å². The van der Waals surface area contributed by atoms with Gasteiger partial charge in [0.05, 0.1) is 10.9 Å². The van der Waals surface area contributed by atoms with Crippen LogP contribution in [0.5, 0.6) is 0 Å². The van der Waals surface area contributed by atoms with Crippen LogP contribution in [0.3, 0.4) is 0 Å². The van der Waals surface area contributed by atoms with E-state index in [4.69, 9.17) is 0 Å². The highest BCUT2D eigenvalue weighted by molar-refractivity contribution is 5.90. The maximum Gasteiger partial charge on any atom is 0.258 e. The molecule has 22 heavy (non-hydrogen) atoms. The number of aryl methyl sites for hydroxylation is 1. The summed E-state index contributed by atoms with van der Waals surface area (Å²) in [6, 6.07) is 16.4. The first-order valence-corrected chi connectivity index (χ1v) is 7.05. The Labute approximate surface area is 127 Å². The molecule has 5 nitrogen and oxygen atoms in total. The van der Waals surface area contributed by atoms with Gasteiger partial charge >= 0.3 is 0 Å². The van der Waals surface area contributed by atoms with Gasteiger partial charge in [-0.1, -0.05) is 30.3 Å². The molecule has 0 aliphatic heterocycles. The molecule has 2 N–H and O–H groups in total. The number of fused-ring (bicyclic) bond motifs is 1. The Hall–Kier alpha value is -2.95. The number of rotatable bonds is 4. The van der Waals surface area contributed by atoms with E-state index in [0.717, 1.165) is 5.69 Å². The summed E-state index contributed by atoms with van der Waals surface area (Å²) in [5.74, 6) is 0.411. The van der Waals surface area contributed by atoms with Gasteiger partial charge in [0, 0.05) is 18.5 Å². The first-order chi connectivity index (χ1) is 10.7. The number of carbonyl (C=O) groups is 1. The number of benzene rings is 2. The molecule has 2 aromatic carbocycles. The van der Waals surface area contributed by atoms with E-state index in [1.54, 1.807) is 18.2 Å². The van der Waals surface area contributed by atoms with Gasteiger partial charge in [0.15, 0.2) is 0 Å². The molecule has 0 saturated heterocycles. The molecule has 0 fully saturated rings. The third kappa shape index (κ3) is 3.20. The molecule has 0 aliphatic rings. The fourth-order valence-electron chi connectivity index (χ4n) is 2.23. The van der Waals surface area contributed by atoms with Crippen LogP contribution in [-0.4, -0.2) is 15.9 Å². The fraction of sp³-hybridized carbons (Fsp3) is 0.118. The highest BCUT2D eigenvalue weighted by atomic mass is 16.1. The van der Waals surface area contributed by atoms with Gasteiger partial charge in [0.2, 0.25) is 5.91 Å². The van der Waals surface area contributed by atoms with Gasteiger partial charge in [-0.05, 0) is 24.3 Å². The van der Waals surface area contributed by atoms with Crippen LogP contribution < -0.4 is 10.9 Å². The highest BCUT2D eigenvalue weighted by Gasteiger charge is 2.07. The van der Waals surface area contributed by atoms with Gasteiger partial charge in [0.25, 0.3) is 5.56 Å². The van der Waals surface area contributed by atoms with Crippen molar-refractivity contribution in [3.63, 3.8) is 0 Å². The van der Waals surface area contributed by atoms with Crippen LogP contribution in [-0.2, 0) is 11.2 Å². The standard InChI is InChI=1S/C17H15N3O2/c21-16(18-12-6-2-1-3-7-12)11-10-15-19-14-9-5-4-8-13(14)17(22)20-15/h1-9H,10-11H2,(H,18,21)(H,19,20,22). The van der Waals surface area contributed by atoms with Crippen LogP contribution in [0, 0.1) is 0 Å². The van der Waals surface area contributed by atoms with Crippen molar-refractivity contribution >= 4 is 22.5 Å². The van der Waals surface area contributed by atoms with Crippen LogP contribution in [0.1, 0.15) is 12.2 Å². The number of aromatic nitrogens is 2. The number of amides is 1. The minimum Gasteiger partial charge on any atom is -0.326 e. The van der Waals surface area contributed by atoms with E-state index in [1.807, 2.05) is 36.4 Å². The zero-order chi connectivity index (χ0) is 15.4. The normalized spacial score (nSPS) is 10.5. The highest BCUT2D eigenvalue weighted by Crippen LogP contribution is 2.08. The monoisotopic (exact) mass is 293 g/mol. The Bertz CT molecular complexity index is 856. The van der Waals surface area contributed by atoms with Crippen molar-refractivity contribution in [1.29, 1.82) is 0 Å². The Kier molecular flexibility index (Phi) is 3.96. The maximum absolute atomic E-state index is 11.9. The summed E-state index contributed by atoms with van der Waals surface area (Å²) < 4.78 is 0. The Balaban J connectivity index is 1.69. The van der Waals surface area contributed by atoms with Crippen LogP contribution in [0.15, 0.2) is 59.4 Å². The minimum atomic E-state index is -0.177. The molecule has 0 atom stereocenters. The lowest BCUT2D eigenvalue weighted by atomic mass is 10.2. The number of nitrogens with zero attached hydrogens (tertiary/aromatic N) is 1. The van der Waals surface area contributed by atoms with Crippen LogP contribution in [0.4, 0.5) is 5.69 Å². The molecular formula is C17H15N3O2. The van der Waals surface area contributed by atoms with Gasteiger partial charge < -0.3 is 10.3 Å².